The first-order valence-corrected chi connectivity index (χ1v) is 4.62. The van der Waals surface area contributed by atoms with Crippen molar-refractivity contribution in [2.24, 2.45) is 0 Å². The summed E-state index contributed by atoms with van der Waals surface area (Å²) >= 11 is 5.97. The number of rotatable bonds is 0. The van der Waals surface area contributed by atoms with Crippen molar-refractivity contribution in [3.63, 3.8) is 0 Å². The molecule has 4 heteroatoms. The number of hydrogen-bond donors (Lipinski definition) is 0. The minimum atomic E-state index is 0.392. The van der Waals surface area contributed by atoms with Gasteiger partial charge in [0.2, 0.25) is 5.28 Å². The Hall–Kier alpha value is -1.61. The van der Waals surface area contributed by atoms with Crippen LogP contribution in [0.4, 0.5) is 0 Å². The fraction of sp³-hybridized carbons (Fsp3) is 0. The first-order chi connectivity index (χ1) is 6.86. The van der Waals surface area contributed by atoms with Crippen molar-refractivity contribution >= 4 is 28.0 Å². The Balaban J connectivity index is 2.66. The van der Waals surface area contributed by atoms with Crippen LogP contribution >= 0.6 is 11.6 Å². The second-order valence-electron chi connectivity index (χ2n) is 3.03. The molecule has 0 aliphatic rings. The predicted octanol–water partition coefficient (Wildman–Crippen LogP) is 2.54. The first kappa shape index (κ1) is 7.76. The van der Waals surface area contributed by atoms with Crippen LogP contribution in [0.5, 0.6) is 0 Å². The molecule has 0 saturated carbocycles. The molecule has 0 atom stereocenters. The SMILES string of the molecule is Clc1nc2ccccc2c2ccnn12. The Morgan fingerprint density at radius 1 is 1.14 bits per heavy atom. The van der Waals surface area contributed by atoms with Crippen molar-refractivity contribution in [2.75, 3.05) is 0 Å². The molecule has 0 radical (unpaired) electrons. The number of aromatic nitrogens is 3. The van der Waals surface area contributed by atoms with E-state index in [1.807, 2.05) is 30.3 Å². The van der Waals surface area contributed by atoms with Gasteiger partial charge in [-0.2, -0.15) is 5.10 Å². The van der Waals surface area contributed by atoms with Crippen LogP contribution in [0.1, 0.15) is 0 Å². The standard InChI is InChI=1S/C10H6ClN3/c11-10-13-8-4-2-1-3-7(8)9-5-6-12-14(9)10/h1-6H. The molecular formula is C10H6ClN3. The summed E-state index contributed by atoms with van der Waals surface area (Å²) < 4.78 is 1.63. The van der Waals surface area contributed by atoms with Crippen molar-refractivity contribution in [1.29, 1.82) is 0 Å². The second-order valence-corrected chi connectivity index (χ2v) is 3.36. The normalized spacial score (nSPS) is 11.2. The zero-order chi connectivity index (χ0) is 9.54. The fourth-order valence-corrected chi connectivity index (χ4v) is 1.81. The monoisotopic (exact) mass is 203 g/mol. The summed E-state index contributed by atoms with van der Waals surface area (Å²) in [6, 6.07) is 9.79. The molecular weight excluding hydrogens is 198 g/mol. The highest BCUT2D eigenvalue weighted by Gasteiger charge is 2.05. The molecule has 3 rings (SSSR count). The van der Waals surface area contributed by atoms with Crippen LogP contribution in [0.15, 0.2) is 36.5 Å². The summed E-state index contributed by atoms with van der Waals surface area (Å²) in [6.07, 6.45) is 1.72. The third kappa shape index (κ3) is 0.930. The summed E-state index contributed by atoms with van der Waals surface area (Å²) in [5.74, 6) is 0. The molecule has 0 saturated heterocycles. The summed E-state index contributed by atoms with van der Waals surface area (Å²) in [5, 5.41) is 5.55. The Labute approximate surface area is 84.9 Å². The van der Waals surface area contributed by atoms with Gasteiger partial charge >= 0.3 is 0 Å². The minimum Gasteiger partial charge on any atom is -0.218 e. The number of nitrogens with zero attached hydrogens (tertiary/aromatic N) is 3. The molecule has 0 bridgehead atoms. The smallest absolute Gasteiger partial charge is 0.218 e. The van der Waals surface area contributed by atoms with Crippen molar-refractivity contribution < 1.29 is 0 Å². The topological polar surface area (TPSA) is 30.2 Å². The number of halogens is 1. The van der Waals surface area contributed by atoms with E-state index in [4.69, 9.17) is 11.6 Å². The van der Waals surface area contributed by atoms with E-state index in [-0.39, 0.29) is 0 Å². The molecule has 0 spiro atoms. The molecule has 14 heavy (non-hydrogen) atoms. The van der Waals surface area contributed by atoms with E-state index in [1.54, 1.807) is 10.7 Å². The average molecular weight is 204 g/mol. The van der Waals surface area contributed by atoms with Crippen LogP contribution in [-0.2, 0) is 0 Å². The summed E-state index contributed by atoms with van der Waals surface area (Å²) in [4.78, 5) is 4.24. The molecule has 0 unspecified atom stereocenters. The molecule has 2 heterocycles. The van der Waals surface area contributed by atoms with Gasteiger partial charge in [-0.05, 0) is 23.7 Å². The number of para-hydroxylation sites is 1. The lowest BCUT2D eigenvalue weighted by Gasteiger charge is -2.01. The van der Waals surface area contributed by atoms with E-state index in [9.17, 15) is 0 Å². The zero-order valence-electron chi connectivity index (χ0n) is 7.18. The van der Waals surface area contributed by atoms with E-state index >= 15 is 0 Å². The number of hydrogen-bond acceptors (Lipinski definition) is 2. The van der Waals surface area contributed by atoms with Gasteiger partial charge in [0.1, 0.15) is 0 Å². The van der Waals surface area contributed by atoms with Crippen LogP contribution < -0.4 is 0 Å². The van der Waals surface area contributed by atoms with Crippen molar-refractivity contribution in [3.8, 4) is 0 Å². The van der Waals surface area contributed by atoms with Gasteiger partial charge in [-0.3, -0.25) is 0 Å². The Morgan fingerprint density at radius 2 is 2.00 bits per heavy atom. The van der Waals surface area contributed by atoms with E-state index in [2.05, 4.69) is 10.1 Å². The molecule has 2 aromatic heterocycles. The van der Waals surface area contributed by atoms with Crippen LogP contribution in [0, 0.1) is 0 Å². The predicted molar refractivity (Wildman–Crippen MR) is 55.5 cm³/mol. The van der Waals surface area contributed by atoms with E-state index in [0.29, 0.717) is 5.28 Å². The Kier molecular flexibility index (Phi) is 1.49. The lowest BCUT2D eigenvalue weighted by molar-refractivity contribution is 0.935. The van der Waals surface area contributed by atoms with Gasteiger partial charge in [-0.1, -0.05) is 18.2 Å². The zero-order valence-corrected chi connectivity index (χ0v) is 7.94. The molecule has 1 aromatic carbocycles. The van der Waals surface area contributed by atoms with Gasteiger partial charge in [0.25, 0.3) is 0 Å². The Morgan fingerprint density at radius 3 is 2.93 bits per heavy atom. The highest BCUT2D eigenvalue weighted by atomic mass is 35.5. The quantitative estimate of drug-likeness (QED) is 0.526. The van der Waals surface area contributed by atoms with E-state index < -0.39 is 0 Å². The van der Waals surface area contributed by atoms with Gasteiger partial charge in [0, 0.05) is 5.39 Å². The maximum Gasteiger partial charge on any atom is 0.224 e. The van der Waals surface area contributed by atoms with Gasteiger partial charge < -0.3 is 0 Å². The number of benzene rings is 1. The van der Waals surface area contributed by atoms with Gasteiger partial charge in [0.15, 0.2) is 0 Å². The lowest BCUT2D eigenvalue weighted by Crippen LogP contribution is -1.93. The molecule has 0 N–H and O–H groups in total. The van der Waals surface area contributed by atoms with Crippen LogP contribution in [0.25, 0.3) is 16.4 Å². The highest BCUT2D eigenvalue weighted by molar-refractivity contribution is 6.29. The van der Waals surface area contributed by atoms with Crippen LogP contribution in [0.2, 0.25) is 5.28 Å². The van der Waals surface area contributed by atoms with Crippen molar-refractivity contribution in [1.82, 2.24) is 14.6 Å². The first-order valence-electron chi connectivity index (χ1n) is 4.24. The molecule has 0 aliphatic carbocycles. The summed E-state index contributed by atoms with van der Waals surface area (Å²) in [5.41, 5.74) is 1.88. The maximum atomic E-state index is 5.97. The summed E-state index contributed by atoms with van der Waals surface area (Å²) in [6.45, 7) is 0. The third-order valence-electron chi connectivity index (χ3n) is 2.21. The van der Waals surface area contributed by atoms with Gasteiger partial charge in [0.05, 0.1) is 17.2 Å². The van der Waals surface area contributed by atoms with Crippen LogP contribution in [-0.4, -0.2) is 14.6 Å². The van der Waals surface area contributed by atoms with Gasteiger partial charge in [-0.25, -0.2) is 9.50 Å². The van der Waals surface area contributed by atoms with E-state index in [1.165, 1.54) is 0 Å². The molecule has 3 aromatic rings. The third-order valence-corrected chi connectivity index (χ3v) is 2.45. The maximum absolute atomic E-state index is 5.97. The molecule has 68 valence electrons. The summed E-state index contributed by atoms with van der Waals surface area (Å²) in [7, 11) is 0. The minimum absolute atomic E-state index is 0.392. The second kappa shape index (κ2) is 2.69. The fourth-order valence-electron chi connectivity index (χ4n) is 1.59. The Bertz CT molecular complexity index is 615. The molecule has 0 aliphatic heterocycles. The average Bonchev–Trinajstić information content (AvgIpc) is 2.67. The number of fused-ring (bicyclic) bond motifs is 3. The van der Waals surface area contributed by atoms with Crippen molar-refractivity contribution in [3.05, 3.63) is 41.8 Å². The largest absolute Gasteiger partial charge is 0.224 e. The van der Waals surface area contributed by atoms with E-state index in [0.717, 1.165) is 16.4 Å². The van der Waals surface area contributed by atoms with Gasteiger partial charge in [-0.15, -0.1) is 0 Å². The van der Waals surface area contributed by atoms with Crippen molar-refractivity contribution in [2.45, 2.75) is 0 Å². The lowest BCUT2D eigenvalue weighted by atomic mass is 10.2. The highest BCUT2D eigenvalue weighted by Crippen LogP contribution is 2.20. The van der Waals surface area contributed by atoms with Crippen LogP contribution in [0.3, 0.4) is 0 Å². The molecule has 3 nitrogen and oxygen atoms in total. The molecule has 0 fully saturated rings. The molecule has 0 amide bonds.